The van der Waals surface area contributed by atoms with Crippen LogP contribution in [0.15, 0.2) is 36.4 Å². The molecule has 0 aliphatic carbocycles. The Bertz CT molecular complexity index is 638. The number of anilines is 1. The molecule has 0 aromatic heterocycles. The minimum Gasteiger partial charge on any atom is -0.319 e. The molecule has 1 amide bonds. The fraction of sp³-hybridized carbons (Fsp3) is 0.133. The summed E-state index contributed by atoms with van der Waals surface area (Å²) in [6.45, 7) is 3.82. The number of carbonyl (C=O) groups is 1. The Labute approximate surface area is 110 Å². The van der Waals surface area contributed by atoms with E-state index in [4.69, 9.17) is 0 Å². The van der Waals surface area contributed by atoms with E-state index in [0.29, 0.717) is 5.56 Å². The van der Waals surface area contributed by atoms with Crippen molar-refractivity contribution >= 4 is 11.6 Å². The van der Waals surface area contributed by atoms with Gasteiger partial charge in [0.05, 0.1) is 5.69 Å². The predicted octanol–water partition coefficient (Wildman–Crippen LogP) is 3.83. The maximum atomic E-state index is 13.4. The largest absolute Gasteiger partial charge is 0.319 e. The van der Waals surface area contributed by atoms with Crippen molar-refractivity contribution in [2.24, 2.45) is 0 Å². The predicted molar refractivity (Wildman–Crippen MR) is 70.2 cm³/mol. The number of nitrogens with one attached hydrogen (secondary N) is 1. The van der Waals surface area contributed by atoms with Crippen molar-refractivity contribution < 1.29 is 13.6 Å². The van der Waals surface area contributed by atoms with Gasteiger partial charge in [-0.3, -0.25) is 4.79 Å². The number of carbonyl (C=O) groups excluding carboxylic acids is 1. The highest BCUT2D eigenvalue weighted by Gasteiger charge is 2.10. The zero-order chi connectivity index (χ0) is 14.0. The first-order valence-electron chi connectivity index (χ1n) is 5.81. The summed E-state index contributed by atoms with van der Waals surface area (Å²) in [5.74, 6) is -1.73. The van der Waals surface area contributed by atoms with Gasteiger partial charge in [0.25, 0.3) is 5.91 Å². The molecule has 98 valence electrons. The normalized spacial score (nSPS) is 10.3. The van der Waals surface area contributed by atoms with E-state index < -0.39 is 17.5 Å². The van der Waals surface area contributed by atoms with E-state index in [0.717, 1.165) is 29.3 Å². The summed E-state index contributed by atoms with van der Waals surface area (Å²) in [4.78, 5) is 11.9. The molecule has 2 aromatic carbocycles. The Hall–Kier alpha value is -2.23. The van der Waals surface area contributed by atoms with E-state index in [2.05, 4.69) is 5.32 Å². The molecule has 19 heavy (non-hydrogen) atoms. The van der Waals surface area contributed by atoms with Crippen molar-refractivity contribution in [1.29, 1.82) is 0 Å². The van der Waals surface area contributed by atoms with Crippen LogP contribution >= 0.6 is 0 Å². The maximum Gasteiger partial charge on any atom is 0.255 e. The third kappa shape index (κ3) is 2.96. The zero-order valence-corrected chi connectivity index (χ0v) is 10.6. The summed E-state index contributed by atoms with van der Waals surface area (Å²) in [6, 6.07) is 8.10. The second-order valence-electron chi connectivity index (χ2n) is 4.38. The molecule has 2 nitrogen and oxygen atoms in total. The van der Waals surface area contributed by atoms with Crippen LogP contribution in [0.5, 0.6) is 0 Å². The minimum atomic E-state index is -0.668. The highest BCUT2D eigenvalue weighted by atomic mass is 19.1. The molecule has 0 saturated carbocycles. The van der Waals surface area contributed by atoms with E-state index in [9.17, 15) is 13.6 Å². The van der Waals surface area contributed by atoms with E-state index in [1.807, 2.05) is 19.9 Å². The molecule has 1 N–H and O–H groups in total. The van der Waals surface area contributed by atoms with Gasteiger partial charge in [0.1, 0.15) is 11.6 Å². The molecule has 0 aliphatic rings. The average molecular weight is 261 g/mol. The van der Waals surface area contributed by atoms with E-state index in [1.165, 1.54) is 0 Å². The van der Waals surface area contributed by atoms with Gasteiger partial charge in [-0.2, -0.15) is 0 Å². The van der Waals surface area contributed by atoms with Gasteiger partial charge in [-0.05, 0) is 49.2 Å². The molecule has 0 spiro atoms. The summed E-state index contributed by atoms with van der Waals surface area (Å²) in [7, 11) is 0. The molecule has 0 bridgehead atoms. The minimum absolute atomic E-state index is 0.164. The Morgan fingerprint density at radius 2 is 1.74 bits per heavy atom. The lowest BCUT2D eigenvalue weighted by Gasteiger charge is -2.08. The molecule has 2 aromatic rings. The second-order valence-corrected chi connectivity index (χ2v) is 4.38. The SMILES string of the molecule is Cc1ccc(C(=O)Nc2cc(F)ccc2F)cc1C. The molecule has 4 heteroatoms. The van der Waals surface area contributed by atoms with Crippen molar-refractivity contribution in [3.63, 3.8) is 0 Å². The topological polar surface area (TPSA) is 29.1 Å². The van der Waals surface area contributed by atoms with Crippen LogP contribution in [0.2, 0.25) is 0 Å². The lowest BCUT2D eigenvalue weighted by Crippen LogP contribution is -2.13. The maximum absolute atomic E-state index is 13.4. The summed E-state index contributed by atoms with van der Waals surface area (Å²) >= 11 is 0. The molecular weight excluding hydrogens is 248 g/mol. The first-order chi connectivity index (χ1) is 8.97. The van der Waals surface area contributed by atoms with Gasteiger partial charge in [0, 0.05) is 11.6 Å². The zero-order valence-electron chi connectivity index (χ0n) is 10.6. The highest BCUT2D eigenvalue weighted by molar-refractivity contribution is 6.04. The third-order valence-electron chi connectivity index (χ3n) is 2.95. The molecule has 2 rings (SSSR count). The molecular formula is C15H13F2NO. The average Bonchev–Trinajstić information content (AvgIpc) is 2.37. The van der Waals surface area contributed by atoms with Gasteiger partial charge < -0.3 is 5.32 Å². The van der Waals surface area contributed by atoms with Crippen molar-refractivity contribution in [3.8, 4) is 0 Å². The van der Waals surface area contributed by atoms with E-state index >= 15 is 0 Å². The number of benzene rings is 2. The molecule has 0 aliphatic heterocycles. The van der Waals surface area contributed by atoms with Crippen molar-refractivity contribution in [2.75, 3.05) is 5.32 Å². The van der Waals surface area contributed by atoms with Gasteiger partial charge in [-0.15, -0.1) is 0 Å². The number of hydrogen-bond donors (Lipinski definition) is 1. The quantitative estimate of drug-likeness (QED) is 0.874. The van der Waals surface area contributed by atoms with Crippen molar-refractivity contribution in [1.82, 2.24) is 0 Å². The fourth-order valence-corrected chi connectivity index (χ4v) is 1.67. The molecule has 0 fully saturated rings. The molecule has 0 saturated heterocycles. The Kier molecular flexibility index (Phi) is 3.60. The standard InChI is InChI=1S/C15H13F2NO/c1-9-3-4-11(7-10(9)2)15(19)18-14-8-12(16)5-6-13(14)17/h3-8H,1-2H3,(H,18,19). The van der Waals surface area contributed by atoms with Crippen LogP contribution in [0.25, 0.3) is 0 Å². The lowest BCUT2D eigenvalue weighted by atomic mass is 10.1. The van der Waals surface area contributed by atoms with Gasteiger partial charge in [-0.1, -0.05) is 6.07 Å². The molecule has 0 heterocycles. The van der Waals surface area contributed by atoms with Gasteiger partial charge in [0.2, 0.25) is 0 Å². The van der Waals surface area contributed by atoms with Crippen LogP contribution in [0.3, 0.4) is 0 Å². The van der Waals surface area contributed by atoms with Crippen molar-refractivity contribution in [3.05, 3.63) is 64.7 Å². The van der Waals surface area contributed by atoms with Crippen LogP contribution in [0.1, 0.15) is 21.5 Å². The van der Waals surface area contributed by atoms with Gasteiger partial charge >= 0.3 is 0 Å². The Morgan fingerprint density at radius 1 is 1.00 bits per heavy atom. The van der Waals surface area contributed by atoms with Crippen LogP contribution in [0.4, 0.5) is 14.5 Å². The van der Waals surface area contributed by atoms with Gasteiger partial charge in [0.15, 0.2) is 0 Å². The number of aryl methyl sites for hydroxylation is 2. The first kappa shape index (κ1) is 13.2. The fourth-order valence-electron chi connectivity index (χ4n) is 1.67. The Morgan fingerprint density at radius 3 is 2.42 bits per heavy atom. The molecule has 0 atom stereocenters. The van der Waals surface area contributed by atoms with Crippen LogP contribution in [-0.2, 0) is 0 Å². The molecule has 0 radical (unpaired) electrons. The number of amides is 1. The summed E-state index contributed by atoms with van der Waals surface area (Å²) in [5, 5.41) is 2.36. The van der Waals surface area contributed by atoms with Crippen LogP contribution < -0.4 is 5.32 Å². The third-order valence-corrected chi connectivity index (χ3v) is 2.95. The van der Waals surface area contributed by atoms with E-state index in [-0.39, 0.29) is 5.69 Å². The van der Waals surface area contributed by atoms with Crippen LogP contribution in [0, 0.1) is 25.5 Å². The summed E-state index contributed by atoms with van der Waals surface area (Å²) < 4.78 is 26.4. The lowest BCUT2D eigenvalue weighted by molar-refractivity contribution is 0.102. The number of hydrogen-bond acceptors (Lipinski definition) is 1. The first-order valence-corrected chi connectivity index (χ1v) is 5.81. The number of rotatable bonds is 2. The van der Waals surface area contributed by atoms with Gasteiger partial charge in [-0.25, -0.2) is 8.78 Å². The summed E-state index contributed by atoms with van der Waals surface area (Å²) in [6.07, 6.45) is 0. The smallest absolute Gasteiger partial charge is 0.255 e. The molecule has 0 unspecified atom stereocenters. The monoisotopic (exact) mass is 261 g/mol. The van der Waals surface area contributed by atoms with Crippen molar-refractivity contribution in [2.45, 2.75) is 13.8 Å². The van der Waals surface area contributed by atoms with Crippen LogP contribution in [-0.4, -0.2) is 5.91 Å². The number of halogens is 2. The summed E-state index contributed by atoms with van der Waals surface area (Å²) in [5.41, 5.74) is 2.27. The second kappa shape index (κ2) is 5.18. The highest BCUT2D eigenvalue weighted by Crippen LogP contribution is 2.17. The van der Waals surface area contributed by atoms with E-state index in [1.54, 1.807) is 12.1 Å². The Balaban J connectivity index is 2.25.